The lowest BCUT2D eigenvalue weighted by Gasteiger charge is -2.47. The first-order valence-electron chi connectivity index (χ1n) is 7.35. The molecule has 2 saturated carbocycles. The molecule has 0 amide bonds. The van der Waals surface area contributed by atoms with E-state index in [1.165, 1.54) is 20.0 Å². The van der Waals surface area contributed by atoms with E-state index in [2.05, 4.69) is 20.4 Å². The van der Waals surface area contributed by atoms with Crippen molar-refractivity contribution in [3.05, 3.63) is 12.2 Å². The molecule has 1 saturated heterocycles. The second kappa shape index (κ2) is 3.85. The van der Waals surface area contributed by atoms with Crippen LogP contribution in [-0.2, 0) is 14.3 Å². The molecule has 3 fully saturated rings. The van der Waals surface area contributed by atoms with E-state index >= 15 is 0 Å². The fourth-order valence-electron chi connectivity index (χ4n) is 4.76. The lowest BCUT2D eigenvalue weighted by atomic mass is 9.54. The maximum atomic E-state index is 11.7. The molecule has 0 aromatic heterocycles. The summed E-state index contributed by atoms with van der Waals surface area (Å²) in [4.78, 5) is 11.7. The van der Waals surface area contributed by atoms with Gasteiger partial charge in [-0.2, -0.15) is 0 Å². The summed E-state index contributed by atoms with van der Waals surface area (Å²) in [7, 11) is 1.43. The van der Waals surface area contributed by atoms with Crippen LogP contribution in [0.1, 0.15) is 52.4 Å². The number of methoxy groups -OCH3 is 1. The summed E-state index contributed by atoms with van der Waals surface area (Å²) in [5, 5.41) is 0. The predicted molar refractivity (Wildman–Crippen MR) is 72.7 cm³/mol. The fraction of sp³-hybridized carbons (Fsp3) is 0.812. The molecule has 1 spiro atoms. The number of ether oxygens (including phenoxy) is 2. The van der Waals surface area contributed by atoms with Gasteiger partial charge >= 0.3 is 5.97 Å². The van der Waals surface area contributed by atoms with Gasteiger partial charge in [-0.1, -0.05) is 13.5 Å². The Morgan fingerprint density at radius 1 is 1.32 bits per heavy atom. The van der Waals surface area contributed by atoms with Gasteiger partial charge < -0.3 is 9.47 Å². The van der Waals surface area contributed by atoms with Crippen LogP contribution >= 0.6 is 0 Å². The van der Waals surface area contributed by atoms with Crippen LogP contribution in [0.5, 0.6) is 0 Å². The molecule has 0 radical (unpaired) electrons. The van der Waals surface area contributed by atoms with Crippen molar-refractivity contribution in [1.82, 2.24) is 0 Å². The van der Waals surface area contributed by atoms with E-state index < -0.39 is 0 Å². The number of rotatable bonds is 2. The minimum atomic E-state index is -0.261. The van der Waals surface area contributed by atoms with Crippen molar-refractivity contribution in [1.29, 1.82) is 0 Å². The van der Waals surface area contributed by atoms with E-state index in [4.69, 9.17) is 9.47 Å². The van der Waals surface area contributed by atoms with Crippen LogP contribution in [-0.4, -0.2) is 24.3 Å². The number of carbonyl (C=O) groups excluding carboxylic acids is 1. The third kappa shape index (κ3) is 1.57. The maximum Gasteiger partial charge on any atom is 0.333 e. The quantitative estimate of drug-likeness (QED) is 0.436. The zero-order valence-corrected chi connectivity index (χ0v) is 12.3. The standard InChI is InChI=1S/C16H24O3/c1-11(13(17)18-4)12-6-9-14(2)7-5-8-15(3)16(14,10-12)19-15/h12H,1,5-10H2,2-4H3/t12-,14-,15-,16+/m1/s1. The average molecular weight is 264 g/mol. The molecular weight excluding hydrogens is 240 g/mol. The van der Waals surface area contributed by atoms with E-state index in [9.17, 15) is 4.79 Å². The van der Waals surface area contributed by atoms with E-state index in [1.54, 1.807) is 0 Å². The van der Waals surface area contributed by atoms with E-state index in [1.807, 2.05) is 0 Å². The summed E-state index contributed by atoms with van der Waals surface area (Å²) in [6.07, 6.45) is 6.76. The van der Waals surface area contributed by atoms with Gasteiger partial charge in [-0.3, -0.25) is 0 Å². The Labute approximate surface area is 115 Å². The van der Waals surface area contributed by atoms with Crippen molar-refractivity contribution in [2.75, 3.05) is 7.11 Å². The molecule has 0 bridgehead atoms. The summed E-state index contributed by atoms with van der Waals surface area (Å²) in [5.41, 5.74) is 0.933. The molecule has 0 aromatic carbocycles. The highest BCUT2D eigenvalue weighted by Gasteiger charge is 2.76. The van der Waals surface area contributed by atoms with E-state index in [0.717, 1.165) is 25.7 Å². The van der Waals surface area contributed by atoms with Gasteiger partial charge in [-0.25, -0.2) is 4.79 Å². The average Bonchev–Trinajstić information content (AvgIpc) is 3.00. The van der Waals surface area contributed by atoms with E-state index in [0.29, 0.717) is 5.57 Å². The van der Waals surface area contributed by atoms with Gasteiger partial charge in [-0.15, -0.1) is 0 Å². The number of carbonyl (C=O) groups is 1. The largest absolute Gasteiger partial charge is 0.466 e. The first-order chi connectivity index (χ1) is 8.87. The molecular formula is C16H24O3. The first kappa shape index (κ1) is 13.2. The second-order valence-corrected chi connectivity index (χ2v) is 7.03. The fourth-order valence-corrected chi connectivity index (χ4v) is 4.76. The molecule has 3 heteroatoms. The van der Waals surface area contributed by atoms with Crippen LogP contribution in [0.25, 0.3) is 0 Å². The van der Waals surface area contributed by atoms with Gasteiger partial charge in [0.1, 0.15) is 5.60 Å². The highest BCUT2D eigenvalue weighted by atomic mass is 16.6. The van der Waals surface area contributed by atoms with Gasteiger partial charge in [0.25, 0.3) is 0 Å². The SMILES string of the molecule is C=C(C(=O)OC)[C@@H]1CC[C@@]2(C)CCC[C@@]3(C)O[C@@]23C1. The molecule has 3 nitrogen and oxygen atoms in total. The lowest BCUT2D eigenvalue weighted by Crippen LogP contribution is -2.49. The highest BCUT2D eigenvalue weighted by Crippen LogP contribution is 2.71. The van der Waals surface area contributed by atoms with Crippen molar-refractivity contribution in [2.24, 2.45) is 11.3 Å². The number of esters is 1. The predicted octanol–water partition coefficient (Wildman–Crippen LogP) is 3.23. The van der Waals surface area contributed by atoms with Crippen LogP contribution in [0.3, 0.4) is 0 Å². The Morgan fingerprint density at radius 3 is 2.74 bits per heavy atom. The van der Waals surface area contributed by atoms with Crippen LogP contribution in [0.4, 0.5) is 0 Å². The maximum absolute atomic E-state index is 11.7. The molecule has 1 heterocycles. The smallest absolute Gasteiger partial charge is 0.333 e. The Balaban J connectivity index is 1.83. The first-order valence-corrected chi connectivity index (χ1v) is 7.35. The molecule has 0 unspecified atom stereocenters. The highest BCUT2D eigenvalue weighted by molar-refractivity contribution is 5.88. The Bertz CT molecular complexity index is 443. The van der Waals surface area contributed by atoms with Crippen LogP contribution in [0.15, 0.2) is 12.2 Å². The second-order valence-electron chi connectivity index (χ2n) is 7.03. The van der Waals surface area contributed by atoms with Crippen molar-refractivity contribution in [3.63, 3.8) is 0 Å². The lowest BCUT2D eigenvalue weighted by molar-refractivity contribution is -0.137. The normalized spacial score (nSPS) is 47.8. The van der Waals surface area contributed by atoms with Gasteiger partial charge in [0.15, 0.2) is 0 Å². The number of hydrogen-bond donors (Lipinski definition) is 0. The van der Waals surface area contributed by atoms with Crippen LogP contribution in [0.2, 0.25) is 0 Å². The molecule has 0 N–H and O–H groups in total. The van der Waals surface area contributed by atoms with E-state index in [-0.39, 0.29) is 28.5 Å². The zero-order valence-electron chi connectivity index (χ0n) is 12.3. The van der Waals surface area contributed by atoms with Crippen LogP contribution < -0.4 is 0 Å². The molecule has 1 aliphatic heterocycles. The topological polar surface area (TPSA) is 38.8 Å². The summed E-state index contributed by atoms with van der Waals surface area (Å²) < 4.78 is 11.1. The van der Waals surface area contributed by atoms with Gasteiger partial charge in [0, 0.05) is 5.57 Å². The minimum Gasteiger partial charge on any atom is -0.466 e. The molecule has 0 aromatic rings. The summed E-state index contributed by atoms with van der Waals surface area (Å²) >= 11 is 0. The van der Waals surface area contributed by atoms with Gasteiger partial charge in [-0.05, 0) is 56.8 Å². The number of epoxide rings is 1. The van der Waals surface area contributed by atoms with Crippen LogP contribution in [0, 0.1) is 11.3 Å². The van der Waals surface area contributed by atoms with Gasteiger partial charge in [0.2, 0.25) is 0 Å². The molecule has 4 atom stereocenters. The molecule has 3 aliphatic rings. The molecule has 106 valence electrons. The Kier molecular flexibility index (Phi) is 2.66. The third-order valence-corrected chi connectivity index (χ3v) is 6.09. The van der Waals surface area contributed by atoms with Crippen molar-refractivity contribution < 1.29 is 14.3 Å². The third-order valence-electron chi connectivity index (χ3n) is 6.09. The summed E-state index contributed by atoms with van der Waals surface area (Å²) in [5.74, 6) is -0.0383. The molecule has 2 aliphatic carbocycles. The van der Waals surface area contributed by atoms with Crippen molar-refractivity contribution in [3.8, 4) is 0 Å². The molecule has 19 heavy (non-hydrogen) atoms. The van der Waals surface area contributed by atoms with Gasteiger partial charge in [0.05, 0.1) is 12.7 Å². The summed E-state index contributed by atoms with van der Waals surface area (Å²) in [6.45, 7) is 8.57. The van der Waals surface area contributed by atoms with Crippen molar-refractivity contribution in [2.45, 2.75) is 63.6 Å². The minimum absolute atomic E-state index is 0.0157. The molecule has 3 rings (SSSR count). The monoisotopic (exact) mass is 264 g/mol. The zero-order chi connectivity index (χ0) is 13.9. The summed E-state index contributed by atoms with van der Waals surface area (Å²) in [6, 6.07) is 0. The van der Waals surface area contributed by atoms with Crippen molar-refractivity contribution >= 4 is 5.97 Å². The Morgan fingerprint density at radius 2 is 2.05 bits per heavy atom. The number of hydrogen-bond acceptors (Lipinski definition) is 3. The Hall–Kier alpha value is -0.830.